The van der Waals surface area contributed by atoms with Crippen LogP contribution in [0.25, 0.3) is 0 Å². The molecule has 0 radical (unpaired) electrons. The molecule has 1 aliphatic carbocycles. The number of Topliss-reactive ketones (excluding diaryl/α,β-unsaturated/α-hetero) is 2. The number of phenols is 1. The number of nitriles is 1. The van der Waals surface area contributed by atoms with E-state index in [0.29, 0.717) is 44.9 Å². The number of esters is 1. The number of hydrogen-bond acceptors (Lipinski definition) is 11. The van der Waals surface area contributed by atoms with Gasteiger partial charge in [0.05, 0.1) is 25.3 Å². The van der Waals surface area contributed by atoms with E-state index in [4.69, 9.17) is 18.9 Å². The molecule has 4 aliphatic heterocycles. The number of hydrogen-bond donors (Lipinski definition) is 1. The number of carbonyl (C=O) groups excluding carboxylic acids is 3. The van der Waals surface area contributed by atoms with Gasteiger partial charge in [-0.3, -0.25) is 19.4 Å². The van der Waals surface area contributed by atoms with Crippen molar-refractivity contribution < 1.29 is 38.4 Å². The van der Waals surface area contributed by atoms with E-state index in [9.17, 15) is 24.8 Å². The number of benzene rings is 1. The lowest BCUT2D eigenvalue weighted by molar-refractivity contribution is -0.144. The van der Waals surface area contributed by atoms with Crippen LogP contribution in [-0.4, -0.2) is 84.2 Å². The summed E-state index contributed by atoms with van der Waals surface area (Å²) in [6, 6.07) is -0.520. The fourth-order valence-electron chi connectivity index (χ4n) is 7.40. The van der Waals surface area contributed by atoms with Gasteiger partial charge in [0, 0.05) is 51.1 Å². The Morgan fingerprint density at radius 3 is 2.55 bits per heavy atom. The summed E-state index contributed by atoms with van der Waals surface area (Å²) in [5, 5.41) is 22.1. The summed E-state index contributed by atoms with van der Waals surface area (Å²) in [5.74, 6) is -0.191. The average molecular weight is 576 g/mol. The minimum atomic E-state index is -0.734. The molecule has 0 unspecified atom stereocenters. The Morgan fingerprint density at radius 1 is 1.17 bits per heavy atom. The Hall–Kier alpha value is -4.14. The zero-order valence-electron chi connectivity index (χ0n) is 24.4. The van der Waals surface area contributed by atoms with Crippen LogP contribution in [0.15, 0.2) is 34.1 Å². The number of allylic oxidation sites excluding steroid dienone is 3. The number of aromatic hydroxyl groups is 1. The van der Waals surface area contributed by atoms with Crippen molar-refractivity contribution in [3.05, 3.63) is 50.8 Å². The van der Waals surface area contributed by atoms with Crippen LogP contribution < -0.4 is 9.47 Å². The number of likely N-dealkylation sites (N-methyl/N-ethyl adjacent to an activating group) is 1. The zero-order valence-corrected chi connectivity index (χ0v) is 24.4. The highest BCUT2D eigenvalue weighted by Crippen LogP contribution is 2.56. The summed E-state index contributed by atoms with van der Waals surface area (Å²) in [6.45, 7) is 6.56. The van der Waals surface area contributed by atoms with E-state index in [-0.39, 0.29) is 54.9 Å². The van der Waals surface area contributed by atoms with E-state index >= 15 is 0 Å². The van der Waals surface area contributed by atoms with Crippen molar-refractivity contribution in [1.29, 1.82) is 5.26 Å². The number of carbonyl (C=O) groups is 3. The van der Waals surface area contributed by atoms with Crippen molar-refractivity contribution in [3.63, 3.8) is 0 Å². The highest BCUT2D eigenvalue weighted by molar-refractivity contribution is 6.25. The SMILES string of the molecule is C/C=C(/C)C(=O)OC[C@H]1c2c(c(O)c(C)c3c2OCO3)C[C@H]2[C@H]3C4=C(C[C@H]([C@H](C#N)N12)N3C)C(=O)C(C)=C(OC)C4=O. The minimum Gasteiger partial charge on any atom is -0.507 e. The Labute approximate surface area is 243 Å². The van der Waals surface area contributed by atoms with E-state index in [2.05, 4.69) is 6.07 Å². The lowest BCUT2D eigenvalue weighted by Crippen LogP contribution is -2.72. The van der Waals surface area contributed by atoms with Crippen molar-refractivity contribution in [1.82, 2.24) is 9.80 Å². The summed E-state index contributed by atoms with van der Waals surface area (Å²) in [7, 11) is 3.24. The minimum absolute atomic E-state index is 0.0186. The number of fused-ring (bicyclic) bond motifs is 8. The number of methoxy groups -OCH3 is 1. The second kappa shape index (κ2) is 10.00. The van der Waals surface area contributed by atoms with E-state index < -0.39 is 36.2 Å². The summed E-state index contributed by atoms with van der Waals surface area (Å²) < 4.78 is 22.8. The Morgan fingerprint density at radius 2 is 1.88 bits per heavy atom. The van der Waals surface area contributed by atoms with Gasteiger partial charge in [0.15, 0.2) is 23.0 Å². The third-order valence-corrected chi connectivity index (χ3v) is 9.57. The van der Waals surface area contributed by atoms with Crippen LogP contribution in [0, 0.1) is 18.3 Å². The van der Waals surface area contributed by atoms with Gasteiger partial charge in [-0.15, -0.1) is 0 Å². The largest absolute Gasteiger partial charge is 0.507 e. The van der Waals surface area contributed by atoms with Gasteiger partial charge in [-0.2, -0.15) is 5.26 Å². The van der Waals surface area contributed by atoms with Crippen LogP contribution in [0.1, 0.15) is 49.9 Å². The van der Waals surface area contributed by atoms with Crippen LogP contribution in [0.3, 0.4) is 0 Å². The normalized spacial score (nSPS) is 28.7. The van der Waals surface area contributed by atoms with Gasteiger partial charge in [0.2, 0.25) is 12.6 Å². The topological polar surface area (TPSA) is 139 Å². The van der Waals surface area contributed by atoms with E-state index in [1.54, 1.807) is 33.8 Å². The molecule has 0 saturated carbocycles. The van der Waals surface area contributed by atoms with Crippen molar-refractivity contribution in [3.8, 4) is 23.3 Å². The molecule has 0 spiro atoms. The van der Waals surface area contributed by atoms with Crippen molar-refractivity contribution >= 4 is 17.5 Å². The van der Waals surface area contributed by atoms with E-state index in [0.717, 1.165) is 0 Å². The molecule has 42 heavy (non-hydrogen) atoms. The number of rotatable bonds is 4. The predicted molar refractivity (Wildman–Crippen MR) is 148 cm³/mol. The molecule has 0 amide bonds. The van der Waals surface area contributed by atoms with Crippen LogP contribution in [0.2, 0.25) is 0 Å². The fraction of sp³-hybridized carbons (Fsp3) is 0.484. The molecule has 0 aromatic heterocycles. The second-order valence-electron chi connectivity index (χ2n) is 11.4. The monoisotopic (exact) mass is 575 g/mol. The molecule has 1 aromatic carbocycles. The highest BCUT2D eigenvalue weighted by Gasteiger charge is 2.59. The Balaban J connectivity index is 1.56. The standard InChI is InChI=1S/C31H33N3O8/c1-7-13(2)31(38)40-11-21-22-16(26(36)15(4)29-30(22)42-12-41-29)9-19-24-23-17(25(35)14(3)28(39-6)27(23)37)8-18(33(24)5)20(10-32)34(19)21/h7,18-21,24,36H,8-9,11-12H2,1-6H3/b13-7-/t18-,19+,20+,21+,24+/m1/s1. The molecule has 6 rings (SSSR count). The maximum absolute atomic E-state index is 13.9. The molecule has 1 saturated heterocycles. The summed E-state index contributed by atoms with van der Waals surface area (Å²) >= 11 is 0. The third kappa shape index (κ3) is 3.68. The van der Waals surface area contributed by atoms with Gasteiger partial charge >= 0.3 is 5.97 Å². The number of nitrogens with zero attached hydrogens (tertiary/aromatic N) is 3. The number of ether oxygens (including phenoxy) is 4. The lowest BCUT2D eigenvalue weighted by atomic mass is 9.69. The van der Waals surface area contributed by atoms with E-state index in [1.165, 1.54) is 7.11 Å². The van der Waals surface area contributed by atoms with Crippen molar-refractivity contribution in [2.45, 2.75) is 70.7 Å². The quantitative estimate of drug-likeness (QED) is 0.322. The third-order valence-electron chi connectivity index (χ3n) is 9.57. The van der Waals surface area contributed by atoms with Crippen LogP contribution >= 0.6 is 0 Å². The van der Waals surface area contributed by atoms with Crippen LogP contribution in [0.4, 0.5) is 0 Å². The van der Waals surface area contributed by atoms with Gasteiger partial charge in [-0.05, 0) is 47.6 Å². The summed E-state index contributed by atoms with van der Waals surface area (Å²) in [5.41, 5.74) is 3.15. The molecular formula is C31H33N3O8. The predicted octanol–water partition coefficient (Wildman–Crippen LogP) is 2.55. The molecule has 5 atom stereocenters. The fourth-order valence-corrected chi connectivity index (χ4v) is 7.40. The van der Waals surface area contributed by atoms with Gasteiger partial charge in [0.25, 0.3) is 0 Å². The van der Waals surface area contributed by atoms with Crippen molar-refractivity contribution in [2.24, 2.45) is 0 Å². The van der Waals surface area contributed by atoms with Crippen LogP contribution in [-0.2, 0) is 30.3 Å². The number of ketones is 2. The first-order valence-corrected chi connectivity index (χ1v) is 14.0. The van der Waals surface area contributed by atoms with Gasteiger partial charge in [0.1, 0.15) is 18.4 Å². The maximum atomic E-state index is 13.9. The first-order valence-electron chi connectivity index (χ1n) is 14.0. The molecule has 5 aliphatic rings. The van der Waals surface area contributed by atoms with Crippen LogP contribution in [0.5, 0.6) is 17.2 Å². The van der Waals surface area contributed by atoms with E-state index in [1.807, 2.05) is 16.8 Å². The average Bonchev–Trinajstić information content (AvgIpc) is 3.47. The molecule has 1 aromatic rings. The molecule has 2 bridgehead atoms. The first-order chi connectivity index (χ1) is 20.1. The summed E-state index contributed by atoms with van der Waals surface area (Å²) in [6.07, 6.45) is 2.11. The van der Waals surface area contributed by atoms with Gasteiger partial charge in [-0.25, -0.2) is 4.79 Å². The Bertz CT molecular complexity index is 1580. The molecule has 11 heteroatoms. The van der Waals surface area contributed by atoms with Gasteiger partial charge < -0.3 is 24.1 Å². The molecule has 4 heterocycles. The first kappa shape index (κ1) is 28.0. The highest BCUT2D eigenvalue weighted by atomic mass is 16.7. The molecular weight excluding hydrogens is 542 g/mol. The zero-order chi connectivity index (χ0) is 30.2. The van der Waals surface area contributed by atoms with Gasteiger partial charge in [-0.1, -0.05) is 6.08 Å². The smallest absolute Gasteiger partial charge is 0.333 e. The lowest BCUT2D eigenvalue weighted by Gasteiger charge is -2.60. The number of phenolic OH excluding ortho intramolecular Hbond substituents is 1. The Kier molecular flexibility index (Phi) is 6.66. The second-order valence-corrected chi connectivity index (χ2v) is 11.4. The molecule has 1 N–H and O–H groups in total. The molecule has 1 fully saturated rings. The molecule has 11 nitrogen and oxygen atoms in total. The number of piperazine rings is 1. The van der Waals surface area contributed by atoms with Crippen molar-refractivity contribution in [2.75, 3.05) is 27.6 Å². The summed E-state index contributed by atoms with van der Waals surface area (Å²) in [4.78, 5) is 44.2. The molecule has 220 valence electrons. The maximum Gasteiger partial charge on any atom is 0.333 e.